The Balaban J connectivity index is 1.43. The van der Waals surface area contributed by atoms with Gasteiger partial charge in [0, 0.05) is 43.1 Å². The molecule has 1 amide bonds. The number of aryl methyl sites for hydroxylation is 2. The van der Waals surface area contributed by atoms with Crippen molar-refractivity contribution in [2.75, 3.05) is 6.54 Å². The summed E-state index contributed by atoms with van der Waals surface area (Å²) in [4.78, 5) is 14.9. The lowest BCUT2D eigenvalue weighted by Crippen LogP contribution is -2.38. The number of fused-ring (bicyclic) bond motifs is 1. The lowest BCUT2D eigenvalue weighted by atomic mass is 10.2. The highest BCUT2D eigenvalue weighted by atomic mass is 16.2. The van der Waals surface area contributed by atoms with Crippen LogP contribution in [-0.4, -0.2) is 37.7 Å². The average molecular weight is 336 g/mol. The first-order valence-electron chi connectivity index (χ1n) is 9.04. The van der Waals surface area contributed by atoms with Crippen LogP contribution in [0.15, 0.2) is 48.8 Å². The summed E-state index contributed by atoms with van der Waals surface area (Å²) in [6, 6.07) is 12.8. The number of amides is 1. The van der Waals surface area contributed by atoms with Crippen LogP contribution in [0.5, 0.6) is 0 Å². The maximum absolute atomic E-state index is 12.8. The maximum Gasteiger partial charge on any atom is 0.224 e. The number of nitrogens with zero attached hydrogens (tertiary/aromatic N) is 4. The van der Waals surface area contributed by atoms with Gasteiger partial charge in [0.2, 0.25) is 5.91 Å². The highest BCUT2D eigenvalue weighted by molar-refractivity contribution is 5.82. The van der Waals surface area contributed by atoms with Crippen molar-refractivity contribution in [1.82, 2.24) is 19.2 Å². The topological polar surface area (TPSA) is 43.1 Å². The fourth-order valence-corrected chi connectivity index (χ4v) is 3.97. The van der Waals surface area contributed by atoms with Gasteiger partial charge in [-0.3, -0.25) is 9.48 Å². The number of aromatic nitrogens is 3. The Hall–Kier alpha value is -2.56. The molecule has 4 rings (SSSR count). The molecule has 3 heterocycles. The molecular formula is C20H24N4O. The van der Waals surface area contributed by atoms with Crippen LogP contribution in [0, 0.1) is 6.92 Å². The van der Waals surface area contributed by atoms with Gasteiger partial charge in [0.1, 0.15) is 0 Å². The second kappa shape index (κ2) is 6.75. The molecule has 25 heavy (non-hydrogen) atoms. The van der Waals surface area contributed by atoms with E-state index in [-0.39, 0.29) is 11.9 Å². The predicted octanol–water partition coefficient (Wildman–Crippen LogP) is 3.23. The molecule has 0 spiro atoms. The molecule has 3 aromatic rings. The first-order valence-corrected chi connectivity index (χ1v) is 9.04. The zero-order valence-corrected chi connectivity index (χ0v) is 14.6. The molecule has 1 aliphatic heterocycles. The fraction of sp³-hybridized carbons (Fsp3) is 0.400. The van der Waals surface area contributed by atoms with Crippen molar-refractivity contribution in [2.45, 2.75) is 45.3 Å². The van der Waals surface area contributed by atoms with Gasteiger partial charge in [-0.25, -0.2) is 0 Å². The Morgan fingerprint density at radius 2 is 2.16 bits per heavy atom. The van der Waals surface area contributed by atoms with E-state index in [1.807, 2.05) is 16.9 Å². The lowest BCUT2D eigenvalue weighted by Gasteiger charge is -2.25. The van der Waals surface area contributed by atoms with Crippen molar-refractivity contribution in [3.8, 4) is 0 Å². The summed E-state index contributed by atoms with van der Waals surface area (Å²) in [5, 5.41) is 5.52. The molecule has 5 nitrogen and oxygen atoms in total. The van der Waals surface area contributed by atoms with Crippen molar-refractivity contribution >= 4 is 16.8 Å². The van der Waals surface area contributed by atoms with Crippen LogP contribution in [0.1, 0.15) is 25.0 Å². The minimum Gasteiger partial charge on any atom is -0.344 e. The number of benzene rings is 1. The molecule has 0 saturated carbocycles. The van der Waals surface area contributed by atoms with Crippen LogP contribution in [0.25, 0.3) is 10.9 Å². The summed E-state index contributed by atoms with van der Waals surface area (Å²) in [6.07, 6.45) is 6.46. The first kappa shape index (κ1) is 15.9. The van der Waals surface area contributed by atoms with Gasteiger partial charge in [-0.2, -0.15) is 5.10 Å². The van der Waals surface area contributed by atoms with E-state index in [0.29, 0.717) is 6.42 Å². The first-order chi connectivity index (χ1) is 12.2. The molecule has 0 unspecified atom stereocenters. The van der Waals surface area contributed by atoms with Gasteiger partial charge in [0.15, 0.2) is 0 Å². The standard InChI is InChI=1S/C20H24N4O/c1-16-14-17-6-2-3-8-19(17)23(16)13-9-20(25)24-12-4-7-18(24)15-22-11-5-10-21-22/h2-3,5-6,8,10-11,14,18H,4,7,9,12-13,15H2,1H3/t18-/m0/s1. The summed E-state index contributed by atoms with van der Waals surface area (Å²) in [5.74, 6) is 0.256. The number of likely N-dealkylation sites (tertiary alicyclic amines) is 1. The van der Waals surface area contributed by atoms with Crippen molar-refractivity contribution in [3.63, 3.8) is 0 Å². The van der Waals surface area contributed by atoms with Crippen LogP contribution < -0.4 is 0 Å². The van der Waals surface area contributed by atoms with Gasteiger partial charge in [-0.15, -0.1) is 0 Å². The van der Waals surface area contributed by atoms with Gasteiger partial charge in [0.25, 0.3) is 0 Å². The third kappa shape index (κ3) is 3.18. The highest BCUT2D eigenvalue weighted by Crippen LogP contribution is 2.22. The van der Waals surface area contributed by atoms with Crippen molar-refractivity contribution < 1.29 is 4.79 Å². The third-order valence-electron chi connectivity index (χ3n) is 5.22. The second-order valence-electron chi connectivity index (χ2n) is 6.86. The molecular weight excluding hydrogens is 312 g/mol. The molecule has 1 aromatic carbocycles. The largest absolute Gasteiger partial charge is 0.344 e. The molecule has 0 N–H and O–H groups in total. The van der Waals surface area contributed by atoms with Crippen LogP contribution in [0.3, 0.4) is 0 Å². The Bertz CT molecular complexity index is 865. The Labute approximate surface area is 147 Å². The minimum atomic E-state index is 0.256. The zero-order valence-electron chi connectivity index (χ0n) is 14.6. The summed E-state index contributed by atoms with van der Waals surface area (Å²) < 4.78 is 4.19. The van der Waals surface area contributed by atoms with Crippen LogP contribution in [0.2, 0.25) is 0 Å². The number of hydrogen-bond donors (Lipinski definition) is 0. The fourth-order valence-electron chi connectivity index (χ4n) is 3.97. The molecule has 0 bridgehead atoms. The molecule has 1 fully saturated rings. The molecule has 5 heteroatoms. The van der Waals surface area contributed by atoms with Crippen molar-refractivity contribution in [1.29, 1.82) is 0 Å². The van der Waals surface area contributed by atoms with E-state index in [1.54, 1.807) is 6.20 Å². The number of para-hydroxylation sites is 1. The molecule has 130 valence electrons. The summed E-state index contributed by atoms with van der Waals surface area (Å²) in [5.41, 5.74) is 2.42. The SMILES string of the molecule is Cc1cc2ccccc2n1CCC(=O)N1CCC[C@H]1Cn1cccn1. The summed E-state index contributed by atoms with van der Waals surface area (Å²) >= 11 is 0. The molecule has 0 radical (unpaired) electrons. The van der Waals surface area contributed by atoms with Gasteiger partial charge >= 0.3 is 0 Å². The smallest absolute Gasteiger partial charge is 0.224 e. The van der Waals surface area contributed by atoms with E-state index in [0.717, 1.165) is 32.5 Å². The van der Waals surface area contributed by atoms with Gasteiger partial charge in [0.05, 0.1) is 12.6 Å². The van der Waals surface area contributed by atoms with Crippen molar-refractivity contribution in [2.24, 2.45) is 0 Å². The van der Waals surface area contributed by atoms with Crippen LogP contribution in [-0.2, 0) is 17.9 Å². The maximum atomic E-state index is 12.8. The summed E-state index contributed by atoms with van der Waals surface area (Å²) in [6.45, 7) is 4.52. The zero-order chi connectivity index (χ0) is 17.2. The lowest BCUT2D eigenvalue weighted by molar-refractivity contribution is -0.132. The van der Waals surface area contributed by atoms with Gasteiger partial charge in [-0.1, -0.05) is 18.2 Å². The summed E-state index contributed by atoms with van der Waals surface area (Å²) in [7, 11) is 0. The van der Waals surface area contributed by atoms with E-state index in [2.05, 4.69) is 51.8 Å². The van der Waals surface area contributed by atoms with E-state index >= 15 is 0 Å². The van der Waals surface area contributed by atoms with Gasteiger partial charge < -0.3 is 9.47 Å². The minimum absolute atomic E-state index is 0.256. The number of rotatable bonds is 5. The molecule has 1 aliphatic rings. The van der Waals surface area contributed by atoms with E-state index in [9.17, 15) is 4.79 Å². The van der Waals surface area contributed by atoms with Crippen molar-refractivity contribution in [3.05, 3.63) is 54.5 Å². The second-order valence-corrected chi connectivity index (χ2v) is 6.86. The normalized spacial score (nSPS) is 17.5. The quantitative estimate of drug-likeness (QED) is 0.718. The molecule has 1 saturated heterocycles. The van der Waals surface area contributed by atoms with E-state index in [4.69, 9.17) is 0 Å². The predicted molar refractivity (Wildman–Crippen MR) is 98.3 cm³/mol. The third-order valence-corrected chi connectivity index (χ3v) is 5.22. The van der Waals surface area contributed by atoms with E-state index < -0.39 is 0 Å². The monoisotopic (exact) mass is 336 g/mol. The number of carbonyl (C=O) groups excluding carboxylic acids is 1. The Morgan fingerprint density at radius 3 is 3.00 bits per heavy atom. The van der Waals surface area contributed by atoms with Gasteiger partial charge in [-0.05, 0) is 43.4 Å². The Kier molecular flexibility index (Phi) is 4.30. The molecule has 2 aromatic heterocycles. The average Bonchev–Trinajstić information content (AvgIpc) is 3.33. The number of hydrogen-bond acceptors (Lipinski definition) is 2. The Morgan fingerprint density at radius 1 is 1.28 bits per heavy atom. The molecule has 1 atom stereocenters. The molecule has 0 aliphatic carbocycles. The van der Waals surface area contributed by atoms with Crippen LogP contribution >= 0.6 is 0 Å². The van der Waals surface area contributed by atoms with Crippen LogP contribution in [0.4, 0.5) is 0 Å². The number of carbonyl (C=O) groups is 1. The van der Waals surface area contributed by atoms with E-state index in [1.165, 1.54) is 16.6 Å². The highest BCUT2D eigenvalue weighted by Gasteiger charge is 2.28.